The third kappa shape index (κ3) is 50.7. The smallest absolute Gasteiger partial charge is 0.220 e. The Morgan fingerprint density at radius 1 is 0.422 bits per heavy atom. The highest BCUT2D eigenvalue weighted by Crippen LogP contribution is 2.23. The van der Waals surface area contributed by atoms with E-state index in [1.165, 1.54) is 180 Å². The van der Waals surface area contributed by atoms with Gasteiger partial charge in [0, 0.05) is 6.42 Å². The van der Waals surface area contributed by atoms with Gasteiger partial charge in [0.2, 0.25) is 5.91 Å². The number of allylic oxidation sites excluding steroid dienone is 17. The summed E-state index contributed by atoms with van der Waals surface area (Å²) >= 11 is 0. The highest BCUT2D eigenvalue weighted by molar-refractivity contribution is 5.76. The van der Waals surface area contributed by atoms with Crippen LogP contribution in [0.15, 0.2) is 109 Å². The van der Waals surface area contributed by atoms with Crippen LogP contribution in [0.4, 0.5) is 0 Å². The largest absolute Gasteiger partial charge is 0.394 e. The van der Waals surface area contributed by atoms with Gasteiger partial charge in [-0.2, -0.15) is 0 Å². The van der Waals surface area contributed by atoms with Crippen LogP contribution in [0.3, 0.4) is 0 Å². The molecule has 1 amide bonds. The van der Waals surface area contributed by atoms with Crippen LogP contribution in [0.2, 0.25) is 0 Å². The Balaban J connectivity index is 2.18. The van der Waals surface area contributed by atoms with Crippen molar-refractivity contribution < 1.29 is 39.8 Å². The predicted molar refractivity (Wildman–Crippen MR) is 354 cm³/mol. The molecule has 7 unspecified atom stereocenters. The van der Waals surface area contributed by atoms with Crippen molar-refractivity contribution in [3.8, 4) is 0 Å². The number of aliphatic hydroxyl groups excluding tert-OH is 5. The van der Waals surface area contributed by atoms with Crippen LogP contribution in [0.1, 0.15) is 296 Å². The van der Waals surface area contributed by atoms with Crippen molar-refractivity contribution in [3.05, 3.63) is 109 Å². The van der Waals surface area contributed by atoms with Crippen LogP contribution < -0.4 is 5.32 Å². The Hall–Kier alpha value is -3.15. The molecule has 1 aliphatic heterocycles. The standard InChI is InChI=1S/C74H129NO8/c1-3-5-7-9-11-13-15-17-19-21-23-25-27-29-31-32-33-34-35-36-38-40-42-44-46-48-50-52-54-56-58-60-62-64-70(78)75-67(66-82-74-73(81)72(80)71(79)69(65-76)83-74)68(77)63-61-59-57-55-53-51-49-47-45-43-41-39-37-30-28-26-24-22-20-18-16-14-12-10-8-6-4-2/h5,7,11,13,17,19,23,25,29,31,33-34,36,38,53,55,61,63,67-69,71-74,76-77,79-81H,3-4,6,8-10,12,14-16,18,20-22,24,26-28,30,32,35,37,39-52,54,56-60,62,64-66H2,1-2H3,(H,75,78)/b7-5-,13-11-,19-17-,25-23-,31-29-,34-33-,38-36-,55-53+,63-61+. The molecule has 0 spiro atoms. The topological polar surface area (TPSA) is 149 Å². The van der Waals surface area contributed by atoms with Crippen molar-refractivity contribution in [3.63, 3.8) is 0 Å². The molecule has 1 saturated heterocycles. The number of rotatable bonds is 59. The highest BCUT2D eigenvalue weighted by atomic mass is 16.7. The molecule has 478 valence electrons. The fraction of sp³-hybridized carbons (Fsp3) is 0.743. The monoisotopic (exact) mass is 1160 g/mol. The molecular formula is C74H129NO8. The molecule has 1 aliphatic rings. The second-order valence-electron chi connectivity index (χ2n) is 23.6. The van der Waals surface area contributed by atoms with Crippen LogP contribution in [-0.2, 0) is 14.3 Å². The first-order valence-corrected chi connectivity index (χ1v) is 34.6. The maximum absolute atomic E-state index is 13.1. The lowest BCUT2D eigenvalue weighted by Gasteiger charge is -2.40. The van der Waals surface area contributed by atoms with Gasteiger partial charge in [-0.25, -0.2) is 0 Å². The van der Waals surface area contributed by atoms with Crippen molar-refractivity contribution in [2.24, 2.45) is 0 Å². The Bertz CT molecular complexity index is 1680. The van der Waals surface area contributed by atoms with E-state index in [4.69, 9.17) is 9.47 Å². The van der Waals surface area contributed by atoms with Crippen molar-refractivity contribution in [2.75, 3.05) is 13.2 Å². The van der Waals surface area contributed by atoms with Crippen molar-refractivity contribution >= 4 is 5.91 Å². The van der Waals surface area contributed by atoms with Crippen LogP contribution in [0, 0.1) is 0 Å². The van der Waals surface area contributed by atoms with E-state index in [0.717, 1.165) is 96.3 Å². The third-order valence-corrected chi connectivity index (χ3v) is 15.8. The Labute approximate surface area is 510 Å². The number of aliphatic hydroxyl groups is 5. The molecule has 0 aromatic carbocycles. The van der Waals surface area contributed by atoms with E-state index in [1.807, 2.05) is 6.08 Å². The van der Waals surface area contributed by atoms with Gasteiger partial charge in [-0.15, -0.1) is 0 Å². The van der Waals surface area contributed by atoms with Gasteiger partial charge < -0.3 is 40.3 Å². The summed E-state index contributed by atoms with van der Waals surface area (Å²) < 4.78 is 11.3. The molecule has 0 radical (unpaired) electrons. The number of hydrogen-bond acceptors (Lipinski definition) is 8. The number of carbonyl (C=O) groups is 1. The molecule has 0 aromatic heterocycles. The van der Waals surface area contributed by atoms with Crippen LogP contribution in [-0.4, -0.2) is 87.5 Å². The maximum Gasteiger partial charge on any atom is 0.220 e. The molecule has 1 fully saturated rings. The first-order valence-electron chi connectivity index (χ1n) is 34.6. The summed E-state index contributed by atoms with van der Waals surface area (Å²) in [5, 5.41) is 54.7. The lowest BCUT2D eigenvalue weighted by Crippen LogP contribution is -2.60. The van der Waals surface area contributed by atoms with Crippen molar-refractivity contribution in [2.45, 2.75) is 339 Å². The second kappa shape index (κ2) is 61.9. The van der Waals surface area contributed by atoms with Gasteiger partial charge in [-0.1, -0.05) is 309 Å². The van der Waals surface area contributed by atoms with Crippen LogP contribution >= 0.6 is 0 Å². The molecule has 83 heavy (non-hydrogen) atoms. The molecule has 0 bridgehead atoms. The van der Waals surface area contributed by atoms with E-state index in [-0.39, 0.29) is 12.5 Å². The minimum Gasteiger partial charge on any atom is -0.394 e. The molecule has 0 aromatic rings. The molecule has 7 atom stereocenters. The first kappa shape index (κ1) is 77.9. The Morgan fingerprint density at radius 2 is 0.759 bits per heavy atom. The van der Waals surface area contributed by atoms with E-state index in [1.54, 1.807) is 6.08 Å². The summed E-state index contributed by atoms with van der Waals surface area (Å²) in [6.45, 7) is 3.67. The predicted octanol–water partition coefficient (Wildman–Crippen LogP) is 18.9. The summed E-state index contributed by atoms with van der Waals surface area (Å²) in [5.41, 5.74) is 0. The molecule has 0 saturated carbocycles. The lowest BCUT2D eigenvalue weighted by molar-refractivity contribution is -0.302. The second-order valence-corrected chi connectivity index (χ2v) is 23.6. The number of hydrogen-bond donors (Lipinski definition) is 6. The average Bonchev–Trinajstić information content (AvgIpc) is 3.61. The molecule has 1 heterocycles. The number of ether oxygens (including phenoxy) is 2. The van der Waals surface area contributed by atoms with E-state index in [9.17, 15) is 30.3 Å². The van der Waals surface area contributed by atoms with Gasteiger partial charge in [-0.05, 0) is 89.9 Å². The molecule has 6 N–H and O–H groups in total. The van der Waals surface area contributed by atoms with Crippen LogP contribution in [0.5, 0.6) is 0 Å². The Kier molecular flexibility index (Phi) is 58.1. The molecular weight excluding hydrogens is 1030 g/mol. The summed E-state index contributed by atoms with van der Waals surface area (Å²) in [5.74, 6) is -0.191. The lowest BCUT2D eigenvalue weighted by atomic mass is 9.99. The summed E-state index contributed by atoms with van der Waals surface area (Å²) in [4.78, 5) is 13.1. The van der Waals surface area contributed by atoms with Gasteiger partial charge in [-0.3, -0.25) is 4.79 Å². The highest BCUT2D eigenvalue weighted by Gasteiger charge is 2.44. The van der Waals surface area contributed by atoms with E-state index < -0.39 is 49.5 Å². The minimum absolute atomic E-state index is 0.191. The summed E-state index contributed by atoms with van der Waals surface area (Å²) in [6.07, 6.45) is 84.7. The van der Waals surface area contributed by atoms with E-state index in [2.05, 4.69) is 116 Å². The molecule has 9 heteroatoms. The van der Waals surface area contributed by atoms with Gasteiger partial charge in [0.1, 0.15) is 24.4 Å². The molecule has 9 nitrogen and oxygen atoms in total. The summed E-state index contributed by atoms with van der Waals surface area (Å²) in [6, 6.07) is -0.832. The normalized spacial score (nSPS) is 19.0. The summed E-state index contributed by atoms with van der Waals surface area (Å²) in [7, 11) is 0. The quantitative estimate of drug-likeness (QED) is 0.0261. The average molecular weight is 1160 g/mol. The van der Waals surface area contributed by atoms with E-state index in [0.29, 0.717) is 6.42 Å². The fourth-order valence-electron chi connectivity index (χ4n) is 10.4. The molecule has 1 rings (SSSR count). The first-order chi connectivity index (χ1) is 40.8. The zero-order valence-electron chi connectivity index (χ0n) is 53.4. The zero-order valence-corrected chi connectivity index (χ0v) is 53.4. The number of nitrogens with one attached hydrogen (secondary N) is 1. The van der Waals surface area contributed by atoms with Crippen molar-refractivity contribution in [1.82, 2.24) is 5.32 Å². The number of amides is 1. The van der Waals surface area contributed by atoms with Gasteiger partial charge in [0.25, 0.3) is 0 Å². The van der Waals surface area contributed by atoms with Crippen LogP contribution in [0.25, 0.3) is 0 Å². The minimum atomic E-state index is -1.58. The zero-order chi connectivity index (χ0) is 60.0. The SMILES string of the molecule is CC/C=C\C/C=C\C/C=C\C/C=C\C/C=C\C/C=C\C/C=C\CCCCCCCCCCCCCC(=O)NC(COC1OC(CO)C(O)C(O)C1O)C(O)/C=C/CC/C=C/CCCCCCCCCCCCCCCCCCCCCCC. The van der Waals surface area contributed by atoms with Gasteiger partial charge in [0.05, 0.1) is 25.4 Å². The number of unbranched alkanes of at least 4 members (excludes halogenated alkanes) is 33. The molecule has 0 aliphatic carbocycles. The van der Waals surface area contributed by atoms with Gasteiger partial charge in [0.15, 0.2) is 6.29 Å². The number of carbonyl (C=O) groups excluding carboxylic acids is 1. The van der Waals surface area contributed by atoms with Crippen molar-refractivity contribution in [1.29, 1.82) is 0 Å². The van der Waals surface area contributed by atoms with Gasteiger partial charge >= 0.3 is 0 Å². The fourth-order valence-corrected chi connectivity index (χ4v) is 10.4. The van der Waals surface area contributed by atoms with E-state index >= 15 is 0 Å². The Morgan fingerprint density at radius 3 is 1.16 bits per heavy atom. The third-order valence-electron chi connectivity index (χ3n) is 15.8. The maximum atomic E-state index is 13.1.